The molecule has 12 heteroatoms. The van der Waals surface area contributed by atoms with E-state index in [-0.39, 0.29) is 18.4 Å². The molecule has 3 heterocycles. The summed E-state index contributed by atoms with van der Waals surface area (Å²) in [5, 5.41) is 5.68. The molecule has 2 aromatic rings. The Morgan fingerprint density at radius 2 is 2.00 bits per heavy atom. The number of halogens is 5. The number of benzene rings is 1. The standard InChI is InChI=1S/C25H27BrClF3N4O3/c1-14-13-33(21-11-23(36-3)31-12-18(21)27)8-6-22(14)37-16-4-5-20(17(26)10-16)34-19(7-9-35)15(2)24(32-34)25(28,29)30/h4-5,9-12,14-15,19,22H,6-8,13H2,1-3H3/t14?,15?,19-,22+/m0/s1. The number of piperidine rings is 1. The molecular weight excluding hydrogens is 577 g/mol. The Labute approximate surface area is 226 Å². The number of ether oxygens (including phenoxy) is 2. The second-order valence-electron chi connectivity index (χ2n) is 9.25. The van der Waals surface area contributed by atoms with Crippen LogP contribution in [-0.4, -0.2) is 55.5 Å². The van der Waals surface area contributed by atoms with Gasteiger partial charge in [-0.05, 0) is 34.1 Å². The van der Waals surface area contributed by atoms with Crippen LogP contribution in [0.1, 0.15) is 26.7 Å². The van der Waals surface area contributed by atoms with Crippen LogP contribution in [0.2, 0.25) is 5.02 Å². The third kappa shape index (κ3) is 5.82. The molecule has 0 amide bonds. The van der Waals surface area contributed by atoms with Gasteiger partial charge in [-0.25, -0.2) is 4.98 Å². The molecule has 0 bridgehead atoms. The Balaban J connectivity index is 1.48. The van der Waals surface area contributed by atoms with Gasteiger partial charge >= 0.3 is 6.18 Å². The van der Waals surface area contributed by atoms with Crippen molar-refractivity contribution in [2.24, 2.45) is 16.9 Å². The minimum atomic E-state index is -4.57. The van der Waals surface area contributed by atoms with Crippen LogP contribution in [0.25, 0.3) is 0 Å². The Morgan fingerprint density at radius 1 is 1.24 bits per heavy atom. The summed E-state index contributed by atoms with van der Waals surface area (Å²) in [4.78, 5) is 17.5. The number of hydrogen-bond acceptors (Lipinski definition) is 7. The zero-order valence-electron chi connectivity index (χ0n) is 20.5. The molecule has 4 atom stereocenters. The lowest BCUT2D eigenvalue weighted by atomic mass is 9.95. The minimum absolute atomic E-state index is 0.0685. The monoisotopic (exact) mass is 602 g/mol. The van der Waals surface area contributed by atoms with Gasteiger partial charge in [-0.2, -0.15) is 18.3 Å². The van der Waals surface area contributed by atoms with E-state index in [1.165, 1.54) is 11.9 Å². The summed E-state index contributed by atoms with van der Waals surface area (Å²) < 4.78 is 52.5. The average molecular weight is 604 g/mol. The maximum absolute atomic E-state index is 13.5. The summed E-state index contributed by atoms with van der Waals surface area (Å²) in [6, 6.07) is 6.20. The number of aromatic nitrogens is 1. The molecule has 7 nitrogen and oxygen atoms in total. The molecule has 200 valence electrons. The van der Waals surface area contributed by atoms with Crippen LogP contribution >= 0.6 is 27.5 Å². The van der Waals surface area contributed by atoms with Crippen molar-refractivity contribution in [3.05, 3.63) is 40.0 Å². The predicted octanol–water partition coefficient (Wildman–Crippen LogP) is 6.13. The zero-order chi connectivity index (χ0) is 26.9. The van der Waals surface area contributed by atoms with Crippen LogP contribution in [0.15, 0.2) is 40.0 Å². The Hall–Kier alpha value is -2.53. The van der Waals surface area contributed by atoms with Crippen molar-refractivity contribution in [3.63, 3.8) is 0 Å². The van der Waals surface area contributed by atoms with E-state index in [9.17, 15) is 18.0 Å². The molecule has 37 heavy (non-hydrogen) atoms. The van der Waals surface area contributed by atoms with Crippen LogP contribution in [0, 0.1) is 11.8 Å². The average Bonchev–Trinajstić information content (AvgIpc) is 3.17. The molecule has 2 aliphatic rings. The Kier molecular flexibility index (Phi) is 8.23. The van der Waals surface area contributed by atoms with E-state index in [1.54, 1.807) is 31.5 Å². The highest BCUT2D eigenvalue weighted by molar-refractivity contribution is 9.10. The SMILES string of the molecule is COc1cc(N2CC[C@@H](Oc3ccc(N4N=C(C(F)(F)F)C(C)[C@@H]4CC=O)c(Br)c3)C(C)C2)c(Cl)cn1. The minimum Gasteiger partial charge on any atom is -0.490 e. The van der Waals surface area contributed by atoms with Crippen molar-refractivity contribution >= 4 is 50.9 Å². The van der Waals surface area contributed by atoms with E-state index >= 15 is 0 Å². The van der Waals surface area contributed by atoms with E-state index in [1.807, 2.05) is 6.07 Å². The van der Waals surface area contributed by atoms with Crippen molar-refractivity contribution in [2.45, 2.75) is 45.0 Å². The van der Waals surface area contributed by atoms with Gasteiger partial charge in [0, 0.05) is 48.3 Å². The molecule has 0 spiro atoms. The van der Waals surface area contributed by atoms with Crippen LogP contribution < -0.4 is 19.4 Å². The highest BCUT2D eigenvalue weighted by Crippen LogP contribution is 2.40. The summed E-state index contributed by atoms with van der Waals surface area (Å²) in [5.41, 5.74) is 0.406. The summed E-state index contributed by atoms with van der Waals surface area (Å²) in [5.74, 6) is 0.305. The molecule has 1 aromatic heterocycles. The predicted molar refractivity (Wildman–Crippen MR) is 140 cm³/mol. The summed E-state index contributed by atoms with van der Waals surface area (Å²) in [6.45, 7) is 4.96. The maximum atomic E-state index is 13.5. The van der Waals surface area contributed by atoms with Gasteiger partial charge in [-0.1, -0.05) is 25.4 Å². The molecule has 1 aromatic carbocycles. The van der Waals surface area contributed by atoms with Gasteiger partial charge in [0.05, 0.1) is 35.7 Å². The molecule has 0 radical (unpaired) electrons. The maximum Gasteiger partial charge on any atom is 0.431 e. The second-order valence-corrected chi connectivity index (χ2v) is 10.5. The van der Waals surface area contributed by atoms with E-state index in [2.05, 4.69) is 37.8 Å². The number of carbonyl (C=O) groups excluding carboxylic acids is 1. The van der Waals surface area contributed by atoms with Crippen molar-refractivity contribution < 1.29 is 27.4 Å². The van der Waals surface area contributed by atoms with Crippen LogP contribution in [0.5, 0.6) is 11.6 Å². The van der Waals surface area contributed by atoms with Crippen molar-refractivity contribution in [2.75, 3.05) is 30.1 Å². The van der Waals surface area contributed by atoms with Gasteiger partial charge < -0.3 is 19.2 Å². The molecule has 0 saturated carbocycles. The largest absolute Gasteiger partial charge is 0.490 e. The first-order valence-electron chi connectivity index (χ1n) is 11.8. The lowest BCUT2D eigenvalue weighted by Gasteiger charge is -2.38. The van der Waals surface area contributed by atoms with Crippen LogP contribution in [0.3, 0.4) is 0 Å². The quantitative estimate of drug-likeness (QED) is 0.355. The molecule has 1 saturated heterocycles. The number of alkyl halides is 3. The number of nitrogens with zero attached hydrogens (tertiary/aromatic N) is 4. The van der Waals surface area contributed by atoms with Gasteiger partial charge in [0.15, 0.2) is 0 Å². The number of hydrogen-bond donors (Lipinski definition) is 0. The summed E-state index contributed by atoms with van der Waals surface area (Å²) in [6.07, 6.45) is -1.77. The van der Waals surface area contributed by atoms with Gasteiger partial charge in [0.1, 0.15) is 23.9 Å². The number of pyridine rings is 1. The number of anilines is 2. The second kappa shape index (κ2) is 11.1. The van der Waals surface area contributed by atoms with Crippen molar-refractivity contribution in [1.29, 1.82) is 0 Å². The fourth-order valence-corrected chi connectivity index (χ4v) is 5.59. The van der Waals surface area contributed by atoms with Gasteiger partial charge in [-0.15, -0.1) is 0 Å². The van der Waals surface area contributed by atoms with Crippen LogP contribution in [-0.2, 0) is 4.79 Å². The van der Waals surface area contributed by atoms with Crippen LogP contribution in [0.4, 0.5) is 24.5 Å². The third-order valence-corrected chi connectivity index (χ3v) is 7.73. The molecule has 0 aliphatic carbocycles. The zero-order valence-corrected chi connectivity index (χ0v) is 22.8. The molecule has 1 fully saturated rings. The fourth-order valence-electron chi connectivity index (χ4n) is 4.83. The first-order valence-corrected chi connectivity index (χ1v) is 13.0. The number of rotatable bonds is 7. The van der Waals surface area contributed by atoms with Gasteiger partial charge in [0.2, 0.25) is 5.88 Å². The Bertz CT molecular complexity index is 1180. The third-order valence-electron chi connectivity index (χ3n) is 6.81. The number of hydrazone groups is 1. The first-order chi connectivity index (χ1) is 17.5. The highest BCUT2D eigenvalue weighted by Gasteiger charge is 2.48. The van der Waals surface area contributed by atoms with E-state index < -0.39 is 23.8 Å². The molecule has 2 unspecified atom stereocenters. The first kappa shape index (κ1) is 27.5. The smallest absolute Gasteiger partial charge is 0.431 e. The van der Waals surface area contributed by atoms with Crippen molar-refractivity contribution in [1.82, 2.24) is 4.98 Å². The topological polar surface area (TPSA) is 67.3 Å². The van der Waals surface area contributed by atoms with E-state index in [0.29, 0.717) is 39.6 Å². The molecular formula is C25H27BrClF3N4O3. The van der Waals surface area contributed by atoms with E-state index in [4.69, 9.17) is 21.1 Å². The number of methoxy groups -OCH3 is 1. The van der Waals surface area contributed by atoms with Crippen molar-refractivity contribution in [3.8, 4) is 11.6 Å². The van der Waals surface area contributed by atoms with Gasteiger partial charge in [0.25, 0.3) is 0 Å². The highest BCUT2D eigenvalue weighted by atomic mass is 79.9. The van der Waals surface area contributed by atoms with E-state index in [0.717, 1.165) is 18.7 Å². The summed E-state index contributed by atoms with van der Waals surface area (Å²) in [7, 11) is 1.56. The lowest BCUT2D eigenvalue weighted by Crippen LogP contribution is -2.44. The molecule has 4 rings (SSSR count). The Morgan fingerprint density at radius 3 is 2.62 bits per heavy atom. The number of aldehydes is 1. The normalized spacial score (nSPS) is 24.2. The molecule has 0 N–H and O–H groups in total. The lowest BCUT2D eigenvalue weighted by molar-refractivity contribution is -0.108. The molecule has 2 aliphatic heterocycles. The summed E-state index contributed by atoms with van der Waals surface area (Å²) >= 11 is 9.83. The fraction of sp³-hybridized carbons (Fsp3) is 0.480. The van der Waals surface area contributed by atoms with Gasteiger partial charge in [-0.3, -0.25) is 5.01 Å². The number of carbonyl (C=O) groups is 1.